The molecular formula is C8H9F2NO2S. The van der Waals surface area contributed by atoms with Gasteiger partial charge in [-0.05, 0) is 18.6 Å². The third kappa shape index (κ3) is 2.41. The summed E-state index contributed by atoms with van der Waals surface area (Å²) in [6.07, 6.45) is 0.828. The number of rotatable bonds is 2. The van der Waals surface area contributed by atoms with Crippen LogP contribution in [0.5, 0.6) is 0 Å². The lowest BCUT2D eigenvalue weighted by molar-refractivity contribution is 0.580. The highest BCUT2D eigenvalue weighted by atomic mass is 32.2. The van der Waals surface area contributed by atoms with Gasteiger partial charge in [0.25, 0.3) is 0 Å². The van der Waals surface area contributed by atoms with Gasteiger partial charge in [-0.2, -0.15) is 0 Å². The lowest BCUT2D eigenvalue weighted by Crippen LogP contribution is -2.12. The summed E-state index contributed by atoms with van der Waals surface area (Å²) in [7, 11) is -3.67. The predicted molar refractivity (Wildman–Crippen MR) is 49.6 cm³/mol. The zero-order valence-corrected chi connectivity index (χ0v) is 8.45. The Kier molecular flexibility index (Phi) is 2.75. The Morgan fingerprint density at radius 3 is 2.36 bits per heavy atom. The van der Waals surface area contributed by atoms with E-state index in [-0.39, 0.29) is 5.56 Å². The van der Waals surface area contributed by atoms with Gasteiger partial charge in [0, 0.05) is 0 Å². The van der Waals surface area contributed by atoms with Crippen LogP contribution in [-0.2, 0) is 10.0 Å². The summed E-state index contributed by atoms with van der Waals surface area (Å²) < 4.78 is 49.5. The maximum Gasteiger partial charge on any atom is 0.230 e. The number of halogens is 2. The van der Waals surface area contributed by atoms with E-state index in [1.807, 2.05) is 0 Å². The Labute approximate surface area is 80.8 Å². The molecule has 0 aliphatic carbocycles. The molecule has 0 saturated heterocycles. The van der Waals surface area contributed by atoms with Gasteiger partial charge in [0.1, 0.15) is 11.5 Å². The number of hydrogen-bond acceptors (Lipinski definition) is 2. The molecule has 0 saturated carbocycles. The molecule has 0 bridgehead atoms. The highest BCUT2D eigenvalue weighted by Crippen LogP contribution is 2.22. The largest absolute Gasteiger partial charge is 0.278 e. The lowest BCUT2D eigenvalue weighted by Gasteiger charge is -2.07. The number of benzene rings is 1. The minimum absolute atomic E-state index is 0.178. The van der Waals surface area contributed by atoms with Crippen molar-refractivity contribution in [3.63, 3.8) is 0 Å². The molecule has 14 heavy (non-hydrogen) atoms. The minimum atomic E-state index is -3.67. The standard InChI is InChI=1S/C8H9F2NO2S/c1-5-3-4-6(9)8(7(5)10)11-14(2,12)13/h3-4,11H,1-2H3. The van der Waals surface area contributed by atoms with Crippen LogP contribution >= 0.6 is 0 Å². The van der Waals surface area contributed by atoms with Crippen LogP contribution in [0.2, 0.25) is 0 Å². The monoisotopic (exact) mass is 221 g/mol. The van der Waals surface area contributed by atoms with Gasteiger partial charge in [0.2, 0.25) is 10.0 Å². The first-order valence-corrected chi connectivity index (χ1v) is 5.63. The molecule has 0 radical (unpaired) electrons. The first-order chi connectivity index (χ1) is 6.31. The lowest BCUT2D eigenvalue weighted by atomic mass is 10.2. The first kappa shape index (κ1) is 10.9. The number of sulfonamides is 1. The van der Waals surface area contributed by atoms with E-state index >= 15 is 0 Å². The molecule has 0 aliphatic heterocycles. The van der Waals surface area contributed by atoms with E-state index < -0.39 is 27.3 Å². The molecule has 0 aliphatic rings. The molecule has 1 aromatic rings. The predicted octanol–water partition coefficient (Wildman–Crippen LogP) is 1.64. The van der Waals surface area contributed by atoms with Gasteiger partial charge < -0.3 is 0 Å². The Morgan fingerprint density at radius 1 is 1.29 bits per heavy atom. The van der Waals surface area contributed by atoms with Gasteiger partial charge >= 0.3 is 0 Å². The zero-order valence-electron chi connectivity index (χ0n) is 7.64. The molecule has 0 fully saturated rings. The average molecular weight is 221 g/mol. The van der Waals surface area contributed by atoms with Crippen molar-refractivity contribution in [2.75, 3.05) is 11.0 Å². The van der Waals surface area contributed by atoms with Crippen LogP contribution < -0.4 is 4.72 Å². The van der Waals surface area contributed by atoms with Crippen molar-refractivity contribution in [1.82, 2.24) is 0 Å². The van der Waals surface area contributed by atoms with Gasteiger partial charge in [-0.15, -0.1) is 0 Å². The van der Waals surface area contributed by atoms with E-state index in [1.165, 1.54) is 13.0 Å². The highest BCUT2D eigenvalue weighted by Gasteiger charge is 2.14. The van der Waals surface area contributed by atoms with E-state index in [2.05, 4.69) is 0 Å². The molecule has 0 amide bonds. The molecule has 6 heteroatoms. The topological polar surface area (TPSA) is 46.2 Å². The summed E-state index contributed by atoms with van der Waals surface area (Å²) >= 11 is 0. The quantitative estimate of drug-likeness (QED) is 0.825. The molecule has 3 nitrogen and oxygen atoms in total. The van der Waals surface area contributed by atoms with E-state index in [4.69, 9.17) is 0 Å². The Hall–Kier alpha value is -1.17. The van der Waals surface area contributed by atoms with Crippen LogP contribution in [0, 0.1) is 18.6 Å². The van der Waals surface area contributed by atoms with E-state index in [9.17, 15) is 17.2 Å². The van der Waals surface area contributed by atoms with E-state index in [0.717, 1.165) is 12.3 Å². The molecule has 1 rings (SSSR count). The van der Waals surface area contributed by atoms with Crippen LogP contribution in [0.25, 0.3) is 0 Å². The second-order valence-corrected chi connectivity index (χ2v) is 4.68. The molecule has 1 N–H and O–H groups in total. The van der Waals surface area contributed by atoms with Crippen LogP contribution in [-0.4, -0.2) is 14.7 Å². The van der Waals surface area contributed by atoms with Crippen LogP contribution in [0.3, 0.4) is 0 Å². The Morgan fingerprint density at radius 2 is 1.86 bits per heavy atom. The fourth-order valence-corrected chi connectivity index (χ4v) is 1.49. The average Bonchev–Trinajstić information content (AvgIpc) is 2.04. The third-order valence-corrected chi connectivity index (χ3v) is 2.15. The molecule has 0 aromatic heterocycles. The Bertz CT molecular complexity index is 457. The molecule has 0 spiro atoms. The van der Waals surface area contributed by atoms with Crippen molar-refractivity contribution in [2.45, 2.75) is 6.92 Å². The van der Waals surface area contributed by atoms with Gasteiger partial charge in [-0.25, -0.2) is 17.2 Å². The van der Waals surface area contributed by atoms with Gasteiger partial charge in [0.15, 0.2) is 5.82 Å². The fourth-order valence-electron chi connectivity index (χ4n) is 0.936. The number of aryl methyl sites for hydroxylation is 1. The summed E-state index contributed by atoms with van der Waals surface area (Å²) in [6, 6.07) is 2.24. The molecule has 0 atom stereocenters. The first-order valence-electron chi connectivity index (χ1n) is 3.73. The molecule has 0 unspecified atom stereocenters. The number of anilines is 1. The second-order valence-electron chi connectivity index (χ2n) is 2.93. The van der Waals surface area contributed by atoms with Crippen molar-refractivity contribution >= 4 is 15.7 Å². The molecule has 78 valence electrons. The van der Waals surface area contributed by atoms with Crippen LogP contribution in [0.4, 0.5) is 14.5 Å². The van der Waals surface area contributed by atoms with Crippen LogP contribution in [0.15, 0.2) is 12.1 Å². The highest BCUT2D eigenvalue weighted by molar-refractivity contribution is 7.92. The summed E-state index contributed by atoms with van der Waals surface area (Å²) in [6.45, 7) is 1.42. The van der Waals surface area contributed by atoms with Gasteiger partial charge in [-0.3, -0.25) is 4.72 Å². The number of hydrogen-bond donors (Lipinski definition) is 1. The van der Waals surface area contributed by atoms with Crippen LogP contribution in [0.1, 0.15) is 5.56 Å². The third-order valence-electron chi connectivity index (χ3n) is 1.57. The van der Waals surface area contributed by atoms with E-state index in [0.29, 0.717) is 0 Å². The van der Waals surface area contributed by atoms with E-state index in [1.54, 1.807) is 4.72 Å². The summed E-state index contributed by atoms with van der Waals surface area (Å²) in [5.41, 5.74) is -0.454. The van der Waals surface area contributed by atoms with Gasteiger partial charge in [0.05, 0.1) is 6.26 Å². The van der Waals surface area contributed by atoms with Crippen molar-refractivity contribution < 1.29 is 17.2 Å². The summed E-state index contributed by atoms with van der Waals surface area (Å²) in [5.74, 6) is -1.83. The van der Waals surface area contributed by atoms with Crippen molar-refractivity contribution in [2.24, 2.45) is 0 Å². The molecular weight excluding hydrogens is 212 g/mol. The smallest absolute Gasteiger partial charge is 0.230 e. The summed E-state index contributed by atoms with van der Waals surface area (Å²) in [4.78, 5) is 0. The number of nitrogens with one attached hydrogen (secondary N) is 1. The van der Waals surface area contributed by atoms with Crippen molar-refractivity contribution in [3.05, 3.63) is 29.3 Å². The maximum absolute atomic E-state index is 13.2. The minimum Gasteiger partial charge on any atom is -0.278 e. The molecule has 0 heterocycles. The zero-order chi connectivity index (χ0) is 10.9. The summed E-state index contributed by atoms with van der Waals surface area (Å²) in [5, 5.41) is 0. The maximum atomic E-state index is 13.2. The Balaban J connectivity index is 3.27. The van der Waals surface area contributed by atoms with Gasteiger partial charge in [-0.1, -0.05) is 6.07 Å². The fraction of sp³-hybridized carbons (Fsp3) is 0.250. The second kappa shape index (κ2) is 3.53. The SMILES string of the molecule is Cc1ccc(F)c(NS(C)(=O)=O)c1F. The van der Waals surface area contributed by atoms with Crippen molar-refractivity contribution in [1.29, 1.82) is 0 Å². The normalized spacial score (nSPS) is 11.4. The molecule has 1 aromatic carbocycles. The van der Waals surface area contributed by atoms with Crippen molar-refractivity contribution in [3.8, 4) is 0 Å².